The Morgan fingerprint density at radius 3 is 2.08 bits per heavy atom. The highest BCUT2D eigenvalue weighted by molar-refractivity contribution is 7.86. The molecule has 5 aromatic carbocycles. The van der Waals surface area contributed by atoms with E-state index in [2.05, 4.69) is 30.5 Å². The summed E-state index contributed by atoms with van der Waals surface area (Å²) in [5.41, 5.74) is -0.566. The van der Waals surface area contributed by atoms with E-state index in [4.69, 9.17) is 0 Å². The first kappa shape index (κ1) is 36.1. The second-order valence-electron chi connectivity index (χ2n) is 10.8. The molecule has 0 aliphatic rings. The van der Waals surface area contributed by atoms with E-state index in [-0.39, 0.29) is 39.1 Å². The van der Waals surface area contributed by atoms with Crippen molar-refractivity contribution in [2.75, 3.05) is 16.8 Å². The smallest absolute Gasteiger partial charge is 0.315 e. The van der Waals surface area contributed by atoms with Gasteiger partial charge in [-0.1, -0.05) is 36.4 Å². The number of azo groups is 1. The number of fused-ring (bicyclic) bond motifs is 2. The Bertz CT molecular complexity index is 2770. The summed E-state index contributed by atoms with van der Waals surface area (Å²) in [4.78, 5) is 10.8. The highest BCUT2D eigenvalue weighted by atomic mass is 32.2. The standard InChI is InChI=1S/C31H24FN7O10S3/c1-2-39(19-7-4-3-5-8-19)31-35-29(32)34-30(36-31)33-18-11-12-20-17(15-18)16-25(51(44,45)46)26(27(20)40)38-37-23-14-13-21-22(28(23)52(47,48)49)9-6-10-24(21)50(41,42)43/h3-16,40H,2H2,1H3,(H,41,42,43)(H,44,45,46)(H,47,48,49)(H,33,34,35,36). The van der Waals surface area contributed by atoms with Crippen LogP contribution in [-0.4, -0.2) is 65.5 Å². The Morgan fingerprint density at radius 1 is 0.731 bits per heavy atom. The Balaban J connectivity index is 1.43. The van der Waals surface area contributed by atoms with Crippen molar-refractivity contribution in [3.05, 3.63) is 91.0 Å². The fourth-order valence-corrected chi connectivity index (χ4v) is 7.58. The van der Waals surface area contributed by atoms with Gasteiger partial charge in [-0.3, -0.25) is 13.7 Å². The number of aromatic hydroxyl groups is 1. The summed E-state index contributed by atoms with van der Waals surface area (Å²) in [6, 6.07) is 19.1. The number of phenolic OH excluding ortho intramolecular Hbond substituents is 1. The topological polar surface area (TPSA) is 262 Å². The lowest BCUT2D eigenvalue weighted by atomic mass is 10.1. The van der Waals surface area contributed by atoms with Crippen LogP contribution in [0.3, 0.4) is 0 Å². The predicted molar refractivity (Wildman–Crippen MR) is 185 cm³/mol. The molecule has 0 fully saturated rings. The summed E-state index contributed by atoms with van der Waals surface area (Å²) in [5, 5.41) is 20.7. The molecular formula is C31H24FN7O10S3. The van der Waals surface area contributed by atoms with Gasteiger partial charge < -0.3 is 15.3 Å². The minimum Gasteiger partial charge on any atom is -0.505 e. The van der Waals surface area contributed by atoms with Crippen molar-refractivity contribution in [3.63, 3.8) is 0 Å². The maximum absolute atomic E-state index is 14.5. The lowest BCUT2D eigenvalue weighted by molar-refractivity contribution is 0.472. The number of halogens is 1. The first-order valence-electron chi connectivity index (χ1n) is 14.7. The van der Waals surface area contributed by atoms with Crippen LogP contribution in [0.4, 0.5) is 39.0 Å². The molecule has 0 radical (unpaired) electrons. The third-order valence-corrected chi connectivity index (χ3v) is 10.3. The zero-order valence-corrected chi connectivity index (χ0v) is 28.8. The van der Waals surface area contributed by atoms with Gasteiger partial charge in [0, 0.05) is 34.1 Å². The van der Waals surface area contributed by atoms with Crippen molar-refractivity contribution in [1.82, 2.24) is 15.0 Å². The summed E-state index contributed by atoms with van der Waals surface area (Å²) >= 11 is 0. The summed E-state index contributed by atoms with van der Waals surface area (Å²) in [6.07, 6.45) is -1.09. The fraction of sp³-hybridized carbons (Fsp3) is 0.0645. The largest absolute Gasteiger partial charge is 0.505 e. The third kappa shape index (κ3) is 7.21. The van der Waals surface area contributed by atoms with Crippen LogP contribution in [0.5, 0.6) is 5.75 Å². The predicted octanol–water partition coefficient (Wildman–Crippen LogP) is 6.08. The number of para-hydroxylation sites is 1. The lowest BCUT2D eigenvalue weighted by Gasteiger charge is -2.21. The number of rotatable bonds is 10. The van der Waals surface area contributed by atoms with E-state index in [0.29, 0.717) is 12.2 Å². The zero-order valence-electron chi connectivity index (χ0n) is 26.3. The van der Waals surface area contributed by atoms with Crippen LogP contribution in [0.25, 0.3) is 21.5 Å². The van der Waals surface area contributed by atoms with Gasteiger partial charge in [0.2, 0.25) is 11.9 Å². The third-order valence-electron chi connectivity index (χ3n) is 7.55. The van der Waals surface area contributed by atoms with Crippen LogP contribution in [-0.2, 0) is 30.4 Å². The molecule has 52 heavy (non-hydrogen) atoms. The average molecular weight is 770 g/mol. The average Bonchev–Trinajstić information content (AvgIpc) is 3.06. The molecule has 6 rings (SSSR count). The molecule has 0 aliphatic carbocycles. The van der Waals surface area contributed by atoms with E-state index < -0.39 is 68.2 Å². The van der Waals surface area contributed by atoms with E-state index >= 15 is 0 Å². The number of aromatic nitrogens is 3. The van der Waals surface area contributed by atoms with Crippen LogP contribution >= 0.6 is 0 Å². The van der Waals surface area contributed by atoms with Gasteiger partial charge in [-0.15, -0.1) is 10.2 Å². The summed E-state index contributed by atoms with van der Waals surface area (Å²) in [5.74, 6) is -1.04. The summed E-state index contributed by atoms with van der Waals surface area (Å²) in [6.45, 7) is 2.20. The molecule has 0 spiro atoms. The lowest BCUT2D eigenvalue weighted by Crippen LogP contribution is -2.20. The van der Waals surface area contributed by atoms with E-state index in [9.17, 15) is 48.4 Å². The molecule has 0 atom stereocenters. The molecule has 0 amide bonds. The first-order valence-corrected chi connectivity index (χ1v) is 19.0. The zero-order chi connectivity index (χ0) is 37.6. The molecule has 1 heterocycles. The van der Waals surface area contributed by atoms with Crippen LogP contribution in [0.15, 0.2) is 110 Å². The molecule has 0 unspecified atom stereocenters. The number of hydrogen-bond acceptors (Lipinski definition) is 14. The van der Waals surface area contributed by atoms with E-state index in [0.717, 1.165) is 36.4 Å². The van der Waals surface area contributed by atoms with Crippen LogP contribution in [0, 0.1) is 6.08 Å². The van der Waals surface area contributed by atoms with Crippen molar-refractivity contribution in [2.45, 2.75) is 21.6 Å². The van der Waals surface area contributed by atoms with Gasteiger partial charge in [-0.05, 0) is 60.8 Å². The minimum atomic E-state index is -5.17. The Labute approximate surface area is 294 Å². The van der Waals surface area contributed by atoms with Gasteiger partial charge in [-0.25, -0.2) is 0 Å². The molecule has 6 aromatic rings. The molecule has 268 valence electrons. The number of anilines is 4. The van der Waals surface area contributed by atoms with E-state index in [1.54, 1.807) is 29.2 Å². The van der Waals surface area contributed by atoms with Crippen LogP contribution in [0.1, 0.15) is 6.92 Å². The maximum atomic E-state index is 14.5. The Morgan fingerprint density at radius 2 is 1.42 bits per heavy atom. The molecule has 0 aliphatic heterocycles. The molecule has 0 saturated heterocycles. The van der Waals surface area contributed by atoms with Gasteiger partial charge in [0.1, 0.15) is 26.1 Å². The second-order valence-corrected chi connectivity index (χ2v) is 15.0. The number of phenols is 1. The van der Waals surface area contributed by atoms with Crippen LogP contribution in [0.2, 0.25) is 0 Å². The molecule has 0 bridgehead atoms. The van der Waals surface area contributed by atoms with Gasteiger partial charge in [0.25, 0.3) is 30.4 Å². The van der Waals surface area contributed by atoms with Crippen molar-refractivity contribution in [1.29, 1.82) is 0 Å². The minimum absolute atomic E-state index is 0.00626. The quantitative estimate of drug-likeness (QED) is 0.0781. The summed E-state index contributed by atoms with van der Waals surface area (Å²) in [7, 11) is -15.2. The van der Waals surface area contributed by atoms with Crippen molar-refractivity contribution >= 4 is 86.5 Å². The maximum Gasteiger partial charge on any atom is 0.315 e. The number of hydrogen-bond donors (Lipinski definition) is 5. The molecule has 0 saturated carbocycles. The van der Waals surface area contributed by atoms with E-state index in [1.165, 1.54) is 18.2 Å². The number of nitrogens with zero attached hydrogens (tertiary/aromatic N) is 6. The summed E-state index contributed by atoms with van der Waals surface area (Å²) < 4.78 is 118. The van der Waals surface area contributed by atoms with E-state index in [1.807, 2.05) is 13.0 Å². The van der Waals surface area contributed by atoms with Gasteiger partial charge in [-0.2, -0.15) is 44.6 Å². The highest BCUT2D eigenvalue weighted by Crippen LogP contribution is 2.43. The normalized spacial score (nSPS) is 12.5. The fourth-order valence-electron chi connectivity index (χ4n) is 5.38. The molecule has 1 aromatic heterocycles. The first-order chi connectivity index (χ1) is 24.5. The molecular weight excluding hydrogens is 746 g/mol. The number of benzene rings is 5. The van der Waals surface area contributed by atoms with Crippen molar-refractivity contribution in [3.8, 4) is 5.75 Å². The Hall–Kier alpha value is -5.71. The molecule has 5 N–H and O–H groups in total. The van der Waals surface area contributed by atoms with Gasteiger partial charge >= 0.3 is 6.08 Å². The van der Waals surface area contributed by atoms with Crippen LogP contribution < -0.4 is 10.2 Å². The SMILES string of the molecule is CCN(c1ccccc1)c1nc(F)nc(Nc2ccc3c(O)c(N=Nc4ccc5c(S(=O)(=O)O)cccc5c4S(=O)(=O)O)c(S(=O)(=O)O)cc3c2)n1. The second kappa shape index (κ2) is 13.4. The van der Waals surface area contributed by atoms with Crippen molar-refractivity contribution in [2.24, 2.45) is 10.2 Å². The highest BCUT2D eigenvalue weighted by Gasteiger charge is 2.26. The monoisotopic (exact) mass is 769 g/mol. The molecule has 21 heteroatoms. The van der Waals surface area contributed by atoms with Gasteiger partial charge in [0.15, 0.2) is 5.75 Å². The van der Waals surface area contributed by atoms with Gasteiger partial charge in [0.05, 0.1) is 0 Å². The van der Waals surface area contributed by atoms with Crippen molar-refractivity contribution < 1.29 is 48.4 Å². The number of nitrogens with one attached hydrogen (secondary N) is 1. The molecule has 17 nitrogen and oxygen atoms in total. The Kier molecular flexibility index (Phi) is 9.33.